The quantitative estimate of drug-likeness (QED) is 0.740. The normalized spacial score (nSPS) is 14.0. The van der Waals surface area contributed by atoms with E-state index in [1.54, 1.807) is 33.6 Å². The number of halogens is 2. The Morgan fingerprint density at radius 3 is 2.50 bits per heavy atom. The summed E-state index contributed by atoms with van der Waals surface area (Å²) in [5.74, 6) is 0. The molecule has 0 aliphatic heterocycles. The second-order valence-corrected chi connectivity index (χ2v) is 4.20. The summed E-state index contributed by atoms with van der Waals surface area (Å²) < 4.78 is 1.67. The van der Waals surface area contributed by atoms with Crippen LogP contribution in [0.4, 0.5) is 0 Å². The fourth-order valence-corrected chi connectivity index (χ4v) is 1.95. The van der Waals surface area contributed by atoms with Crippen LogP contribution >= 0.6 is 24.8 Å². The first-order valence-electron chi connectivity index (χ1n) is 3.94. The summed E-state index contributed by atoms with van der Waals surface area (Å²) in [7, 11) is 0. The van der Waals surface area contributed by atoms with Crippen molar-refractivity contribution >= 4 is 24.8 Å². The molecule has 1 aliphatic rings. The summed E-state index contributed by atoms with van der Waals surface area (Å²) >= 11 is 1.61. The van der Waals surface area contributed by atoms with Crippen LogP contribution in [-0.4, -0.2) is 0 Å². The van der Waals surface area contributed by atoms with E-state index in [1.165, 1.54) is 25.7 Å². The van der Waals surface area contributed by atoms with Crippen molar-refractivity contribution in [2.75, 3.05) is 0 Å². The van der Waals surface area contributed by atoms with Crippen molar-refractivity contribution in [2.24, 2.45) is 0 Å². The third-order valence-electron chi connectivity index (χ3n) is 1.83. The van der Waals surface area contributed by atoms with Crippen LogP contribution in [0.15, 0.2) is 21.0 Å². The first kappa shape index (κ1) is 15.4. The van der Waals surface area contributed by atoms with Crippen LogP contribution in [0, 0.1) is 0 Å². The van der Waals surface area contributed by atoms with Gasteiger partial charge in [-0.05, 0) is 0 Å². The molecule has 0 saturated heterocycles. The van der Waals surface area contributed by atoms with E-state index in [1.807, 2.05) is 0 Å². The molecule has 0 spiro atoms. The van der Waals surface area contributed by atoms with Gasteiger partial charge in [-0.2, -0.15) is 0 Å². The maximum absolute atomic E-state index is 2.31. The van der Waals surface area contributed by atoms with E-state index in [2.05, 4.69) is 19.1 Å². The monoisotopic (exact) mass is 283 g/mol. The molecule has 0 aromatic rings. The summed E-state index contributed by atoms with van der Waals surface area (Å²) in [6.07, 6.45) is 9.82. The summed E-state index contributed by atoms with van der Waals surface area (Å²) in [5.41, 5.74) is 1.63. The van der Waals surface area contributed by atoms with Gasteiger partial charge in [0.2, 0.25) is 0 Å². The SMILES string of the molecule is CCCCC1=[C]([Zr])CC=C1.Cl.Cl. The molecule has 0 fully saturated rings. The van der Waals surface area contributed by atoms with E-state index in [9.17, 15) is 0 Å². The molecule has 0 atom stereocenters. The Morgan fingerprint density at radius 1 is 1.42 bits per heavy atom. The largest absolute Gasteiger partial charge is 0.147 e. The van der Waals surface area contributed by atoms with Crippen molar-refractivity contribution in [2.45, 2.75) is 32.6 Å². The molecule has 1 aliphatic carbocycles. The second kappa shape index (κ2) is 8.54. The Bertz CT molecular complexity index is 173. The Hall–Kier alpha value is 0.943. The fourth-order valence-electron chi connectivity index (χ4n) is 1.15. The molecule has 0 saturated carbocycles. The van der Waals surface area contributed by atoms with Crippen molar-refractivity contribution in [3.05, 3.63) is 21.0 Å². The van der Waals surface area contributed by atoms with Crippen LogP contribution in [0.5, 0.6) is 0 Å². The van der Waals surface area contributed by atoms with E-state index >= 15 is 0 Å². The molecule has 3 heteroatoms. The van der Waals surface area contributed by atoms with Gasteiger partial charge in [0.1, 0.15) is 0 Å². The van der Waals surface area contributed by atoms with Gasteiger partial charge in [-0.3, -0.25) is 0 Å². The molecule has 0 heterocycles. The van der Waals surface area contributed by atoms with E-state index in [-0.39, 0.29) is 24.8 Å². The molecule has 0 N–H and O–H groups in total. The topological polar surface area (TPSA) is 0 Å². The van der Waals surface area contributed by atoms with Crippen molar-refractivity contribution < 1.29 is 24.7 Å². The zero-order chi connectivity index (χ0) is 7.40. The molecular weight excluding hydrogens is 270 g/mol. The molecule has 69 valence electrons. The number of hydrogen-bond donors (Lipinski definition) is 0. The molecule has 0 amide bonds. The van der Waals surface area contributed by atoms with Crippen molar-refractivity contribution in [3.8, 4) is 0 Å². The predicted molar refractivity (Wildman–Crippen MR) is 54.8 cm³/mol. The van der Waals surface area contributed by atoms with Gasteiger partial charge >= 0.3 is 78.3 Å². The van der Waals surface area contributed by atoms with E-state index in [0.717, 1.165) is 0 Å². The fraction of sp³-hybridized carbons (Fsp3) is 0.556. The van der Waals surface area contributed by atoms with Gasteiger partial charge in [-0.15, -0.1) is 24.8 Å². The third kappa shape index (κ3) is 4.85. The Balaban J connectivity index is 0. The van der Waals surface area contributed by atoms with Gasteiger partial charge in [-0.1, -0.05) is 0 Å². The molecular formula is C9H15Cl2Zr. The summed E-state index contributed by atoms with van der Waals surface area (Å²) in [6, 6.07) is 0. The van der Waals surface area contributed by atoms with E-state index in [4.69, 9.17) is 0 Å². The number of rotatable bonds is 3. The summed E-state index contributed by atoms with van der Waals surface area (Å²) in [5, 5.41) is 0. The molecule has 0 unspecified atom stereocenters. The van der Waals surface area contributed by atoms with Crippen LogP contribution in [0.2, 0.25) is 0 Å². The molecule has 1 rings (SSSR count). The number of unbranched alkanes of at least 4 members (excludes halogenated alkanes) is 1. The minimum atomic E-state index is 0. The number of hydrogen-bond acceptors (Lipinski definition) is 0. The molecule has 0 aromatic heterocycles. The predicted octanol–water partition coefficient (Wildman–Crippen LogP) is 3.78. The molecule has 0 radical (unpaired) electrons. The maximum Gasteiger partial charge on any atom is -0.147 e. The number of allylic oxidation sites excluding steroid dienone is 4. The van der Waals surface area contributed by atoms with Crippen LogP contribution in [0.3, 0.4) is 0 Å². The second-order valence-electron chi connectivity index (χ2n) is 2.71. The van der Waals surface area contributed by atoms with Gasteiger partial charge in [0, 0.05) is 0 Å². The summed E-state index contributed by atoms with van der Waals surface area (Å²) in [6.45, 7) is 2.25. The minimum Gasteiger partial charge on any atom is -0.147 e. The Morgan fingerprint density at radius 2 is 2.08 bits per heavy atom. The zero-order valence-electron chi connectivity index (χ0n) is 7.30. The third-order valence-corrected chi connectivity index (χ3v) is 3.12. The zero-order valence-corrected chi connectivity index (χ0v) is 11.4. The van der Waals surface area contributed by atoms with Gasteiger partial charge in [0.25, 0.3) is 0 Å². The Labute approximate surface area is 103 Å². The average molecular weight is 285 g/mol. The smallest absolute Gasteiger partial charge is 0.147 e. The van der Waals surface area contributed by atoms with Crippen molar-refractivity contribution in [1.29, 1.82) is 0 Å². The van der Waals surface area contributed by atoms with Gasteiger partial charge in [0.05, 0.1) is 0 Å². The van der Waals surface area contributed by atoms with Crippen LogP contribution in [-0.2, 0) is 24.7 Å². The average Bonchev–Trinajstić information content (AvgIpc) is 2.31. The molecule has 12 heavy (non-hydrogen) atoms. The molecule has 0 bridgehead atoms. The van der Waals surface area contributed by atoms with Gasteiger partial charge in [-0.25, -0.2) is 0 Å². The Kier molecular flexibility index (Phi) is 11.0. The first-order chi connectivity index (χ1) is 4.84. The van der Waals surface area contributed by atoms with E-state index < -0.39 is 0 Å². The van der Waals surface area contributed by atoms with Crippen LogP contribution in [0.25, 0.3) is 0 Å². The van der Waals surface area contributed by atoms with Gasteiger partial charge in [0.15, 0.2) is 0 Å². The standard InChI is InChI=1S/C9H13.2ClH.Zr/c1-2-3-6-9-7-4-5-8-9;;;/h4,7H,2-3,5-6H2,1H3;2*1H;. The van der Waals surface area contributed by atoms with Crippen molar-refractivity contribution in [3.63, 3.8) is 0 Å². The van der Waals surface area contributed by atoms with Crippen LogP contribution in [0.1, 0.15) is 32.6 Å². The summed E-state index contributed by atoms with van der Waals surface area (Å²) in [4.78, 5) is 0. The molecule has 0 nitrogen and oxygen atoms in total. The minimum absolute atomic E-state index is 0. The molecule has 0 aromatic carbocycles. The first-order valence-corrected chi connectivity index (χ1v) is 5.17. The van der Waals surface area contributed by atoms with Gasteiger partial charge < -0.3 is 0 Å². The maximum atomic E-state index is 2.31. The van der Waals surface area contributed by atoms with Crippen molar-refractivity contribution in [1.82, 2.24) is 0 Å². The van der Waals surface area contributed by atoms with E-state index in [0.29, 0.717) is 0 Å². The van der Waals surface area contributed by atoms with Crippen LogP contribution < -0.4 is 0 Å².